The number of nitrogens with one attached hydrogen (secondary N) is 2. The minimum Gasteiger partial charge on any atom is -0.395 e. The number of amidine groups is 1. The number of carbonyl (C=O) groups excluding carboxylic acids is 2. The molecule has 1 aromatic heterocycles. The first-order valence-corrected chi connectivity index (χ1v) is 10.2. The van der Waals surface area contributed by atoms with Gasteiger partial charge in [0, 0.05) is 24.3 Å². The summed E-state index contributed by atoms with van der Waals surface area (Å²) in [7, 11) is 1.57. The molecular formula is C21H23BrN4O3. The molecule has 1 saturated carbocycles. The van der Waals surface area contributed by atoms with Crippen molar-refractivity contribution in [2.24, 2.45) is 0 Å². The normalized spacial score (nSPS) is 14.6. The average Bonchev–Trinajstić information content (AvgIpc) is 2.68. The summed E-state index contributed by atoms with van der Waals surface area (Å²) >= 11 is 3.42. The highest BCUT2D eigenvalue weighted by Crippen LogP contribution is 2.44. The highest BCUT2D eigenvalue weighted by atomic mass is 79.9. The third-order valence-corrected chi connectivity index (χ3v) is 5.88. The number of rotatable bonds is 6. The number of hydrogen-bond acceptors (Lipinski definition) is 5. The van der Waals surface area contributed by atoms with E-state index in [1.807, 2.05) is 24.3 Å². The number of pyridine rings is 1. The summed E-state index contributed by atoms with van der Waals surface area (Å²) in [5.74, 6) is -0.574. The van der Waals surface area contributed by atoms with Crippen molar-refractivity contribution in [2.75, 3.05) is 20.2 Å². The summed E-state index contributed by atoms with van der Waals surface area (Å²) in [6.07, 6.45) is 3.97. The molecule has 0 atom stereocenters. The number of carbonyl (C=O) groups is 2. The van der Waals surface area contributed by atoms with Crippen LogP contribution < -0.4 is 5.32 Å². The van der Waals surface area contributed by atoms with Crippen molar-refractivity contribution < 1.29 is 14.7 Å². The summed E-state index contributed by atoms with van der Waals surface area (Å²) in [6.45, 7) is 0.0724. The summed E-state index contributed by atoms with van der Waals surface area (Å²) in [5.41, 5.74) is 1.02. The fraction of sp³-hybridized carbons (Fsp3) is 0.333. The van der Waals surface area contributed by atoms with Crippen molar-refractivity contribution in [1.29, 1.82) is 5.41 Å². The lowest BCUT2D eigenvalue weighted by molar-refractivity contribution is 0.0760. The Labute approximate surface area is 177 Å². The van der Waals surface area contributed by atoms with Crippen LogP contribution in [-0.4, -0.2) is 52.8 Å². The van der Waals surface area contributed by atoms with Gasteiger partial charge in [0.2, 0.25) is 0 Å². The Bertz CT molecular complexity index is 909. The van der Waals surface area contributed by atoms with E-state index in [0.717, 1.165) is 29.3 Å². The Balaban J connectivity index is 1.70. The Hall–Kier alpha value is -2.58. The van der Waals surface area contributed by atoms with Crippen LogP contribution in [0.3, 0.4) is 0 Å². The first-order valence-electron chi connectivity index (χ1n) is 9.36. The molecule has 1 fully saturated rings. The molecule has 1 aliphatic rings. The lowest BCUT2D eigenvalue weighted by Crippen LogP contribution is -2.50. The Morgan fingerprint density at radius 1 is 1.24 bits per heavy atom. The number of hydrogen-bond donors (Lipinski definition) is 3. The van der Waals surface area contributed by atoms with Gasteiger partial charge in [-0.15, -0.1) is 0 Å². The zero-order chi connectivity index (χ0) is 21.0. The van der Waals surface area contributed by atoms with Gasteiger partial charge < -0.3 is 15.3 Å². The predicted octanol–water partition coefficient (Wildman–Crippen LogP) is 2.74. The molecule has 3 rings (SSSR count). The SMILES string of the molecule is CN(CCO)C(=O)c1ccc(C(=O)NC(=N)C2(c3ccc(Br)cc3)CCC2)cn1. The number of aliphatic hydroxyl groups excluding tert-OH is 1. The van der Waals surface area contributed by atoms with Gasteiger partial charge in [-0.1, -0.05) is 34.5 Å². The standard InChI is InChI=1S/C21H23BrN4O3/c1-26(11-12-27)19(29)17-8-3-14(13-24-17)18(28)25-20(23)21(9-2-10-21)15-4-6-16(22)7-5-15/h3-8,13,27H,2,9-12H2,1H3,(H2,23,25,28). The van der Waals surface area contributed by atoms with Crippen LogP contribution in [0.1, 0.15) is 45.7 Å². The van der Waals surface area contributed by atoms with Gasteiger partial charge in [0.15, 0.2) is 0 Å². The van der Waals surface area contributed by atoms with E-state index >= 15 is 0 Å². The number of aliphatic hydroxyl groups is 1. The number of aromatic nitrogens is 1. The number of amides is 2. The van der Waals surface area contributed by atoms with E-state index in [2.05, 4.69) is 26.2 Å². The zero-order valence-corrected chi connectivity index (χ0v) is 17.7. The van der Waals surface area contributed by atoms with E-state index in [9.17, 15) is 9.59 Å². The largest absolute Gasteiger partial charge is 0.395 e. The highest BCUT2D eigenvalue weighted by Gasteiger charge is 2.43. The molecule has 0 saturated heterocycles. The van der Waals surface area contributed by atoms with Gasteiger partial charge >= 0.3 is 0 Å². The second kappa shape index (κ2) is 8.84. The molecule has 0 radical (unpaired) electrons. The maximum Gasteiger partial charge on any atom is 0.272 e. The predicted molar refractivity (Wildman–Crippen MR) is 113 cm³/mol. The number of benzene rings is 1. The van der Waals surface area contributed by atoms with E-state index in [4.69, 9.17) is 10.5 Å². The first kappa shape index (κ1) is 21.1. The topological polar surface area (TPSA) is 106 Å². The summed E-state index contributed by atoms with van der Waals surface area (Å²) in [6, 6.07) is 10.8. The van der Waals surface area contributed by atoms with E-state index < -0.39 is 11.3 Å². The first-order chi connectivity index (χ1) is 13.9. The molecule has 2 amide bonds. The van der Waals surface area contributed by atoms with E-state index in [1.54, 1.807) is 7.05 Å². The molecule has 3 N–H and O–H groups in total. The van der Waals surface area contributed by atoms with Crippen LogP contribution in [0, 0.1) is 5.41 Å². The van der Waals surface area contributed by atoms with Gasteiger partial charge in [-0.25, -0.2) is 0 Å². The maximum absolute atomic E-state index is 12.6. The fourth-order valence-electron chi connectivity index (χ4n) is 3.39. The average molecular weight is 459 g/mol. The molecule has 0 unspecified atom stereocenters. The molecule has 7 nitrogen and oxygen atoms in total. The zero-order valence-electron chi connectivity index (χ0n) is 16.1. The Kier molecular flexibility index (Phi) is 6.44. The molecule has 0 aliphatic heterocycles. The molecular weight excluding hydrogens is 436 g/mol. The minimum atomic E-state index is -0.466. The molecule has 29 heavy (non-hydrogen) atoms. The summed E-state index contributed by atoms with van der Waals surface area (Å²) < 4.78 is 0.969. The summed E-state index contributed by atoms with van der Waals surface area (Å²) in [4.78, 5) is 30.2. The number of halogens is 1. The molecule has 0 bridgehead atoms. The third kappa shape index (κ3) is 4.38. The molecule has 152 valence electrons. The van der Waals surface area contributed by atoms with Crippen LogP contribution in [0.25, 0.3) is 0 Å². The lowest BCUT2D eigenvalue weighted by atomic mass is 9.63. The van der Waals surface area contributed by atoms with Crippen molar-refractivity contribution >= 4 is 33.6 Å². The van der Waals surface area contributed by atoms with Gasteiger partial charge in [0.05, 0.1) is 17.6 Å². The number of nitrogens with zero attached hydrogens (tertiary/aromatic N) is 2. The smallest absolute Gasteiger partial charge is 0.272 e. The second-order valence-electron chi connectivity index (χ2n) is 7.15. The van der Waals surface area contributed by atoms with Gasteiger partial charge in [-0.2, -0.15) is 0 Å². The summed E-state index contributed by atoms with van der Waals surface area (Å²) in [5, 5.41) is 20.2. The van der Waals surface area contributed by atoms with Gasteiger partial charge in [-0.3, -0.25) is 20.0 Å². The molecule has 0 spiro atoms. The van der Waals surface area contributed by atoms with Gasteiger partial charge in [-0.05, 0) is 42.7 Å². The van der Waals surface area contributed by atoms with E-state index in [1.165, 1.54) is 23.2 Å². The maximum atomic E-state index is 12.6. The fourth-order valence-corrected chi connectivity index (χ4v) is 3.65. The molecule has 1 heterocycles. The highest BCUT2D eigenvalue weighted by molar-refractivity contribution is 9.10. The Morgan fingerprint density at radius 2 is 1.93 bits per heavy atom. The van der Waals surface area contributed by atoms with Crippen LogP contribution in [0.2, 0.25) is 0 Å². The van der Waals surface area contributed by atoms with Crippen LogP contribution in [0.4, 0.5) is 0 Å². The third-order valence-electron chi connectivity index (χ3n) is 5.35. The monoisotopic (exact) mass is 458 g/mol. The van der Waals surface area contributed by atoms with Crippen LogP contribution in [-0.2, 0) is 5.41 Å². The van der Waals surface area contributed by atoms with Crippen molar-refractivity contribution in [2.45, 2.75) is 24.7 Å². The van der Waals surface area contributed by atoms with Gasteiger partial charge in [0.1, 0.15) is 11.5 Å². The van der Waals surface area contributed by atoms with Crippen molar-refractivity contribution in [3.05, 3.63) is 63.9 Å². The second-order valence-corrected chi connectivity index (χ2v) is 8.07. The molecule has 2 aromatic rings. The van der Waals surface area contributed by atoms with Gasteiger partial charge in [0.25, 0.3) is 11.8 Å². The Morgan fingerprint density at radius 3 is 2.45 bits per heavy atom. The molecule has 1 aromatic carbocycles. The van der Waals surface area contributed by atoms with Crippen molar-refractivity contribution in [3.63, 3.8) is 0 Å². The number of likely N-dealkylation sites (N-methyl/N-ethyl adjacent to an activating group) is 1. The van der Waals surface area contributed by atoms with Crippen LogP contribution in [0.15, 0.2) is 47.1 Å². The van der Waals surface area contributed by atoms with Crippen LogP contribution >= 0.6 is 15.9 Å². The molecule has 1 aliphatic carbocycles. The van der Waals surface area contributed by atoms with E-state index in [0.29, 0.717) is 0 Å². The quantitative estimate of drug-likeness (QED) is 0.456. The van der Waals surface area contributed by atoms with Crippen molar-refractivity contribution in [3.8, 4) is 0 Å². The molecule has 8 heteroatoms. The minimum absolute atomic E-state index is 0.134. The van der Waals surface area contributed by atoms with Crippen molar-refractivity contribution in [1.82, 2.24) is 15.2 Å². The van der Waals surface area contributed by atoms with Crippen LogP contribution in [0.5, 0.6) is 0 Å². The van der Waals surface area contributed by atoms with E-state index in [-0.39, 0.29) is 36.2 Å². The lowest BCUT2D eigenvalue weighted by Gasteiger charge is -2.42.